The highest BCUT2D eigenvalue weighted by atomic mass is 16.6. The van der Waals surface area contributed by atoms with Crippen LogP contribution in [0.3, 0.4) is 0 Å². The van der Waals surface area contributed by atoms with Crippen LogP contribution in [0.4, 0.5) is 11.5 Å². The van der Waals surface area contributed by atoms with Crippen molar-refractivity contribution in [2.75, 3.05) is 25.6 Å². The topological polar surface area (TPSA) is 68.5 Å². The average molecular weight is 377 g/mol. The van der Waals surface area contributed by atoms with Crippen molar-refractivity contribution in [1.29, 1.82) is 0 Å². The van der Waals surface area contributed by atoms with Crippen molar-refractivity contribution in [2.24, 2.45) is 0 Å². The molecular formula is C22H23N3O3. The van der Waals surface area contributed by atoms with E-state index in [-0.39, 0.29) is 17.5 Å². The lowest BCUT2D eigenvalue weighted by Crippen LogP contribution is -2.21. The number of nitrogens with zero attached hydrogens (tertiary/aromatic N) is 3. The molecule has 0 aliphatic rings. The highest BCUT2D eigenvalue weighted by Crippen LogP contribution is 2.40. The van der Waals surface area contributed by atoms with Gasteiger partial charge in [0.2, 0.25) is 0 Å². The van der Waals surface area contributed by atoms with Gasteiger partial charge in [0.15, 0.2) is 0 Å². The second-order valence-electron chi connectivity index (χ2n) is 6.46. The second-order valence-corrected chi connectivity index (χ2v) is 6.46. The molecule has 0 atom stereocenters. The molecule has 2 aromatic carbocycles. The molecule has 6 nitrogen and oxygen atoms in total. The summed E-state index contributed by atoms with van der Waals surface area (Å²) in [5.41, 5.74) is 2.72. The Morgan fingerprint density at radius 2 is 1.61 bits per heavy atom. The van der Waals surface area contributed by atoms with Gasteiger partial charge in [-0.05, 0) is 18.1 Å². The third-order valence-electron chi connectivity index (χ3n) is 4.78. The van der Waals surface area contributed by atoms with Crippen LogP contribution < -0.4 is 9.64 Å². The number of pyridine rings is 1. The molecule has 0 radical (unpaired) electrons. The maximum atomic E-state index is 11.7. The quantitative estimate of drug-likeness (QED) is 0.443. The summed E-state index contributed by atoms with van der Waals surface area (Å²) in [5, 5.41) is 11.7. The first-order valence-corrected chi connectivity index (χ1v) is 9.11. The van der Waals surface area contributed by atoms with Crippen LogP contribution >= 0.6 is 0 Å². The van der Waals surface area contributed by atoms with E-state index >= 15 is 0 Å². The summed E-state index contributed by atoms with van der Waals surface area (Å²) in [6.45, 7) is 2.72. The fraction of sp³-hybridized carbons (Fsp3) is 0.227. The van der Waals surface area contributed by atoms with E-state index in [2.05, 4.69) is 4.98 Å². The molecule has 6 heteroatoms. The van der Waals surface area contributed by atoms with Crippen molar-refractivity contribution in [3.05, 3.63) is 93.5 Å². The Balaban J connectivity index is 2.32. The van der Waals surface area contributed by atoms with Gasteiger partial charge in [0, 0.05) is 31.1 Å². The van der Waals surface area contributed by atoms with Gasteiger partial charge < -0.3 is 9.64 Å². The van der Waals surface area contributed by atoms with Crippen LogP contribution in [0.15, 0.2) is 66.7 Å². The number of hydrogen-bond acceptors (Lipinski definition) is 5. The van der Waals surface area contributed by atoms with Gasteiger partial charge in [0.25, 0.3) is 5.88 Å². The van der Waals surface area contributed by atoms with E-state index in [1.54, 1.807) is 6.07 Å². The van der Waals surface area contributed by atoms with Crippen molar-refractivity contribution < 1.29 is 9.66 Å². The third kappa shape index (κ3) is 3.81. The molecule has 0 saturated carbocycles. The van der Waals surface area contributed by atoms with Crippen molar-refractivity contribution >= 4 is 11.5 Å². The van der Waals surface area contributed by atoms with E-state index in [0.717, 1.165) is 16.7 Å². The van der Waals surface area contributed by atoms with Crippen molar-refractivity contribution in [3.63, 3.8) is 0 Å². The number of ether oxygens (including phenoxy) is 1. The van der Waals surface area contributed by atoms with Gasteiger partial charge in [-0.25, -0.2) is 0 Å². The average Bonchev–Trinajstić information content (AvgIpc) is 2.74. The first kappa shape index (κ1) is 19.4. The maximum Gasteiger partial charge on any atom is 0.331 e. The van der Waals surface area contributed by atoms with E-state index in [9.17, 15) is 10.1 Å². The molecule has 3 rings (SSSR count). The van der Waals surface area contributed by atoms with Crippen molar-refractivity contribution in [1.82, 2.24) is 4.98 Å². The van der Waals surface area contributed by atoms with Crippen LogP contribution in [0.2, 0.25) is 0 Å². The molecule has 0 aliphatic heterocycles. The molecule has 3 aromatic rings. The molecule has 0 bridgehead atoms. The summed E-state index contributed by atoms with van der Waals surface area (Å²) in [7, 11) is 3.32. The fourth-order valence-corrected chi connectivity index (χ4v) is 3.28. The molecule has 0 saturated heterocycles. The van der Waals surface area contributed by atoms with Gasteiger partial charge in [-0.3, -0.25) is 10.1 Å². The molecule has 0 spiro atoms. The Labute approximate surface area is 164 Å². The number of methoxy groups -OCH3 is 1. The zero-order valence-electron chi connectivity index (χ0n) is 16.2. The van der Waals surface area contributed by atoms with Gasteiger partial charge in [-0.15, -0.1) is 0 Å². The Hall–Kier alpha value is -3.41. The van der Waals surface area contributed by atoms with Gasteiger partial charge in [0.1, 0.15) is 5.82 Å². The monoisotopic (exact) mass is 377 g/mol. The van der Waals surface area contributed by atoms with Crippen molar-refractivity contribution in [2.45, 2.75) is 12.8 Å². The molecule has 0 N–H and O–H groups in total. The molecule has 0 aliphatic carbocycles. The molecule has 0 unspecified atom stereocenters. The van der Waals surface area contributed by atoms with Gasteiger partial charge in [-0.1, -0.05) is 60.7 Å². The normalized spacial score (nSPS) is 10.7. The minimum Gasteiger partial charge on any atom is -0.476 e. The lowest BCUT2D eigenvalue weighted by atomic mass is 9.85. The predicted octanol–water partition coefficient (Wildman–Crippen LogP) is 4.63. The summed E-state index contributed by atoms with van der Waals surface area (Å²) in [6.07, 6.45) is 0. The maximum absolute atomic E-state index is 11.7. The van der Waals surface area contributed by atoms with Gasteiger partial charge >= 0.3 is 5.69 Å². The molecular weight excluding hydrogens is 354 g/mol. The highest BCUT2D eigenvalue weighted by molar-refractivity contribution is 5.62. The van der Waals surface area contributed by atoms with Crippen LogP contribution in [-0.2, 0) is 0 Å². The lowest BCUT2D eigenvalue weighted by Gasteiger charge is -2.26. The Morgan fingerprint density at radius 3 is 2.04 bits per heavy atom. The summed E-state index contributed by atoms with van der Waals surface area (Å²) in [4.78, 5) is 17.7. The molecule has 0 amide bonds. The third-order valence-corrected chi connectivity index (χ3v) is 4.78. The number of benzene rings is 2. The van der Waals surface area contributed by atoms with E-state index in [0.29, 0.717) is 12.4 Å². The number of rotatable bonds is 7. The summed E-state index contributed by atoms with van der Waals surface area (Å²) in [6, 6.07) is 21.5. The summed E-state index contributed by atoms with van der Waals surface area (Å²) in [5.74, 6) is 0.495. The molecule has 0 fully saturated rings. The number of nitro groups is 1. The number of hydrogen-bond donors (Lipinski definition) is 0. The predicted molar refractivity (Wildman–Crippen MR) is 110 cm³/mol. The smallest absolute Gasteiger partial charge is 0.331 e. The Bertz CT molecular complexity index is 907. The lowest BCUT2D eigenvalue weighted by molar-refractivity contribution is -0.386. The molecule has 1 aromatic heterocycles. The molecule has 28 heavy (non-hydrogen) atoms. The van der Waals surface area contributed by atoms with E-state index in [1.807, 2.05) is 79.5 Å². The molecule has 144 valence electrons. The minimum atomic E-state index is -0.446. The SMILES string of the molecule is CCN(C)c1nc(OC)c([N+](=O)[O-])cc1C(c1ccccc1)c1ccccc1. The summed E-state index contributed by atoms with van der Waals surface area (Å²) >= 11 is 0. The first-order chi connectivity index (χ1) is 13.6. The van der Waals surface area contributed by atoms with Crippen LogP contribution in [0.1, 0.15) is 29.5 Å². The van der Waals surface area contributed by atoms with E-state index in [4.69, 9.17) is 4.74 Å². The number of aromatic nitrogens is 1. The van der Waals surface area contributed by atoms with Crippen LogP contribution in [0, 0.1) is 10.1 Å². The van der Waals surface area contributed by atoms with E-state index < -0.39 is 4.92 Å². The zero-order chi connectivity index (χ0) is 20.1. The second kappa shape index (κ2) is 8.52. The number of anilines is 1. The zero-order valence-corrected chi connectivity index (χ0v) is 16.2. The van der Waals surface area contributed by atoms with E-state index in [1.165, 1.54) is 7.11 Å². The van der Waals surface area contributed by atoms with Crippen molar-refractivity contribution in [3.8, 4) is 5.88 Å². The molecule has 1 heterocycles. The van der Waals surface area contributed by atoms with Crippen LogP contribution in [-0.4, -0.2) is 30.6 Å². The van der Waals surface area contributed by atoms with Crippen LogP contribution in [0.5, 0.6) is 5.88 Å². The Morgan fingerprint density at radius 1 is 1.07 bits per heavy atom. The first-order valence-electron chi connectivity index (χ1n) is 9.11. The fourth-order valence-electron chi connectivity index (χ4n) is 3.28. The standard InChI is InChI=1S/C22H23N3O3/c1-4-24(2)21-18(15-19(25(26)27)22(23-21)28-3)20(16-11-7-5-8-12-16)17-13-9-6-10-14-17/h5-15,20H,4H2,1-3H3. The highest BCUT2D eigenvalue weighted by Gasteiger charge is 2.28. The summed E-state index contributed by atoms with van der Waals surface area (Å²) < 4.78 is 5.21. The largest absolute Gasteiger partial charge is 0.476 e. The Kier molecular flexibility index (Phi) is 5.89. The van der Waals surface area contributed by atoms with Gasteiger partial charge in [0.05, 0.1) is 12.0 Å². The van der Waals surface area contributed by atoms with Crippen LogP contribution in [0.25, 0.3) is 0 Å². The minimum absolute atomic E-state index is 0.0175. The van der Waals surface area contributed by atoms with Gasteiger partial charge in [-0.2, -0.15) is 4.98 Å².